The Bertz CT molecular complexity index is 568. The summed E-state index contributed by atoms with van der Waals surface area (Å²) in [4.78, 5) is 36.8. The van der Waals surface area contributed by atoms with E-state index in [1.807, 2.05) is 13.8 Å². The van der Waals surface area contributed by atoms with E-state index in [1.54, 1.807) is 27.7 Å². The van der Waals surface area contributed by atoms with Crippen LogP contribution in [0.2, 0.25) is 0 Å². The molecule has 0 aliphatic rings. The smallest absolute Gasteiger partial charge is 0.407 e. The maximum Gasteiger partial charge on any atom is 0.407 e. The molecule has 0 saturated heterocycles. The van der Waals surface area contributed by atoms with Crippen molar-refractivity contribution in [1.29, 1.82) is 0 Å². The number of carbonyl (C=O) groups is 3. The molecule has 0 bridgehead atoms. The fourth-order valence-corrected chi connectivity index (χ4v) is 2.83. The topological polar surface area (TPSA) is 117 Å². The summed E-state index contributed by atoms with van der Waals surface area (Å²) in [5.41, 5.74) is -2.19. The average Bonchev–Trinajstić information content (AvgIpc) is 2.50. The lowest BCUT2D eigenvalue weighted by molar-refractivity contribution is -0.132. The molecule has 0 aromatic rings. The largest absolute Gasteiger partial charge is 0.444 e. The van der Waals surface area contributed by atoms with Crippen molar-refractivity contribution in [3.8, 4) is 0 Å². The molecule has 3 atom stereocenters. The zero-order valence-corrected chi connectivity index (χ0v) is 20.2. The first-order chi connectivity index (χ1) is 13.5. The van der Waals surface area contributed by atoms with Crippen molar-refractivity contribution in [2.24, 2.45) is 11.8 Å². The van der Waals surface area contributed by atoms with Crippen LogP contribution < -0.4 is 16.0 Å². The highest BCUT2D eigenvalue weighted by atomic mass is 16.6. The van der Waals surface area contributed by atoms with Gasteiger partial charge in [0.2, 0.25) is 11.8 Å². The van der Waals surface area contributed by atoms with Crippen LogP contribution in [0.5, 0.6) is 0 Å². The van der Waals surface area contributed by atoms with E-state index in [2.05, 4.69) is 29.8 Å². The third-order valence-corrected chi connectivity index (χ3v) is 4.46. The number of aliphatic hydroxyl groups is 1. The Morgan fingerprint density at radius 2 is 1.50 bits per heavy atom. The SMILES string of the molecule is CC(C)CCNC(=O)[C@H](C)NC(=O)C[C@](C)(O)[C@H](CC(C)C)NC(=O)OC(C)(C)C. The monoisotopic (exact) mass is 429 g/mol. The van der Waals surface area contributed by atoms with Crippen molar-refractivity contribution in [1.82, 2.24) is 16.0 Å². The van der Waals surface area contributed by atoms with Crippen LogP contribution in [0.15, 0.2) is 0 Å². The molecule has 0 aromatic heterocycles. The molecule has 30 heavy (non-hydrogen) atoms. The highest BCUT2D eigenvalue weighted by Gasteiger charge is 2.37. The van der Waals surface area contributed by atoms with Crippen LogP contribution in [0, 0.1) is 11.8 Å². The van der Waals surface area contributed by atoms with Crippen molar-refractivity contribution >= 4 is 17.9 Å². The van der Waals surface area contributed by atoms with Gasteiger partial charge in [-0.25, -0.2) is 4.79 Å². The number of hydrogen-bond acceptors (Lipinski definition) is 5. The van der Waals surface area contributed by atoms with Crippen LogP contribution in [0.1, 0.15) is 81.6 Å². The van der Waals surface area contributed by atoms with E-state index in [9.17, 15) is 19.5 Å². The number of ether oxygens (including phenoxy) is 1. The van der Waals surface area contributed by atoms with E-state index >= 15 is 0 Å². The summed E-state index contributed by atoms with van der Waals surface area (Å²) in [6, 6.07) is -1.41. The highest BCUT2D eigenvalue weighted by molar-refractivity contribution is 5.87. The van der Waals surface area contributed by atoms with Crippen molar-refractivity contribution in [2.75, 3.05) is 6.54 Å². The van der Waals surface area contributed by atoms with Crippen LogP contribution in [-0.2, 0) is 14.3 Å². The molecule has 0 heterocycles. The number of hydrogen-bond donors (Lipinski definition) is 4. The van der Waals surface area contributed by atoms with E-state index in [-0.39, 0.29) is 18.2 Å². The summed E-state index contributed by atoms with van der Waals surface area (Å²) < 4.78 is 5.29. The van der Waals surface area contributed by atoms with Gasteiger partial charge in [-0.3, -0.25) is 9.59 Å². The summed E-state index contributed by atoms with van der Waals surface area (Å²) in [5, 5.41) is 19.1. The van der Waals surface area contributed by atoms with Gasteiger partial charge in [-0.15, -0.1) is 0 Å². The fraction of sp³-hybridized carbons (Fsp3) is 0.864. The van der Waals surface area contributed by atoms with Gasteiger partial charge in [-0.2, -0.15) is 0 Å². The molecule has 0 aliphatic heterocycles. The van der Waals surface area contributed by atoms with Crippen LogP contribution >= 0.6 is 0 Å². The van der Waals surface area contributed by atoms with E-state index in [0.29, 0.717) is 18.9 Å². The molecule has 3 amide bonds. The third-order valence-electron chi connectivity index (χ3n) is 4.46. The van der Waals surface area contributed by atoms with Gasteiger partial charge in [0.05, 0.1) is 18.1 Å². The second-order valence-corrected chi connectivity index (χ2v) is 10.1. The van der Waals surface area contributed by atoms with E-state index in [0.717, 1.165) is 6.42 Å². The summed E-state index contributed by atoms with van der Waals surface area (Å²) in [5.74, 6) is -0.0914. The van der Waals surface area contributed by atoms with Gasteiger partial charge in [0.25, 0.3) is 0 Å². The zero-order chi connectivity index (χ0) is 23.7. The normalized spacial score (nSPS) is 15.9. The first-order valence-corrected chi connectivity index (χ1v) is 10.8. The van der Waals surface area contributed by atoms with Crippen LogP contribution in [0.4, 0.5) is 4.79 Å². The molecular formula is C22H43N3O5. The molecule has 0 aliphatic carbocycles. The number of rotatable bonds is 11. The number of alkyl carbamates (subject to hydrolysis) is 1. The molecule has 0 radical (unpaired) electrons. The van der Waals surface area contributed by atoms with Gasteiger partial charge in [-0.1, -0.05) is 27.7 Å². The Hall–Kier alpha value is -1.83. The lowest BCUT2D eigenvalue weighted by Crippen LogP contribution is -2.55. The third kappa shape index (κ3) is 12.7. The summed E-state index contributed by atoms with van der Waals surface area (Å²) in [6.07, 6.45) is 0.412. The van der Waals surface area contributed by atoms with E-state index in [1.165, 1.54) is 6.92 Å². The highest BCUT2D eigenvalue weighted by Crippen LogP contribution is 2.22. The Kier molecular flexibility index (Phi) is 11.4. The predicted octanol–water partition coefficient (Wildman–Crippen LogP) is 2.73. The molecule has 0 unspecified atom stereocenters. The first kappa shape index (κ1) is 28.2. The summed E-state index contributed by atoms with van der Waals surface area (Å²) >= 11 is 0. The first-order valence-electron chi connectivity index (χ1n) is 10.8. The Labute approximate surface area is 181 Å². The molecule has 4 N–H and O–H groups in total. The molecule has 8 nitrogen and oxygen atoms in total. The van der Waals surface area contributed by atoms with Crippen LogP contribution in [0.3, 0.4) is 0 Å². The van der Waals surface area contributed by atoms with Gasteiger partial charge in [0.15, 0.2) is 0 Å². The minimum absolute atomic E-state index is 0.171. The van der Waals surface area contributed by atoms with Gasteiger partial charge < -0.3 is 25.8 Å². The second-order valence-electron chi connectivity index (χ2n) is 10.1. The number of nitrogens with one attached hydrogen (secondary N) is 3. The zero-order valence-electron chi connectivity index (χ0n) is 20.2. The molecular weight excluding hydrogens is 386 g/mol. The standard InChI is InChI=1S/C22H43N3O5/c1-14(2)10-11-23-19(27)16(5)24-18(26)13-22(9,29)17(12-15(3)4)25-20(28)30-21(6,7)8/h14-17,29H,10-13H2,1-9H3,(H,23,27)(H,24,26)(H,25,28)/t16-,17-,22-/m0/s1. The van der Waals surface area contributed by atoms with Gasteiger partial charge in [0.1, 0.15) is 11.6 Å². The molecule has 0 spiro atoms. The minimum atomic E-state index is -1.51. The molecule has 0 saturated carbocycles. The minimum Gasteiger partial charge on any atom is -0.444 e. The Morgan fingerprint density at radius 1 is 0.933 bits per heavy atom. The number of amides is 3. The maximum atomic E-state index is 12.5. The lowest BCUT2D eigenvalue weighted by Gasteiger charge is -2.35. The Balaban J connectivity index is 4.93. The molecule has 0 aromatic carbocycles. The van der Waals surface area contributed by atoms with Crippen molar-refractivity contribution in [2.45, 2.75) is 105 Å². The average molecular weight is 430 g/mol. The molecule has 8 heteroatoms. The summed E-state index contributed by atoms with van der Waals surface area (Å²) in [6.45, 7) is 17.0. The van der Waals surface area contributed by atoms with Crippen molar-refractivity contribution in [3.05, 3.63) is 0 Å². The van der Waals surface area contributed by atoms with Gasteiger partial charge in [-0.05, 0) is 59.3 Å². The van der Waals surface area contributed by atoms with Crippen molar-refractivity contribution < 1.29 is 24.2 Å². The molecule has 176 valence electrons. The van der Waals surface area contributed by atoms with E-state index in [4.69, 9.17) is 4.74 Å². The number of carbonyl (C=O) groups excluding carboxylic acids is 3. The predicted molar refractivity (Wildman–Crippen MR) is 118 cm³/mol. The van der Waals surface area contributed by atoms with Crippen molar-refractivity contribution in [3.63, 3.8) is 0 Å². The molecule has 0 rings (SSSR count). The van der Waals surface area contributed by atoms with E-state index < -0.39 is 35.3 Å². The second kappa shape index (κ2) is 12.1. The van der Waals surface area contributed by atoms with Gasteiger partial charge >= 0.3 is 6.09 Å². The Morgan fingerprint density at radius 3 is 1.97 bits per heavy atom. The summed E-state index contributed by atoms with van der Waals surface area (Å²) in [7, 11) is 0. The maximum absolute atomic E-state index is 12.5. The fourth-order valence-electron chi connectivity index (χ4n) is 2.83. The van der Waals surface area contributed by atoms with Crippen LogP contribution in [0.25, 0.3) is 0 Å². The van der Waals surface area contributed by atoms with Crippen LogP contribution in [-0.4, -0.2) is 52.8 Å². The van der Waals surface area contributed by atoms with Gasteiger partial charge in [0, 0.05) is 6.54 Å². The quantitative estimate of drug-likeness (QED) is 0.403. The lowest BCUT2D eigenvalue weighted by atomic mass is 9.86. The molecule has 0 fully saturated rings.